The Morgan fingerprint density at radius 2 is 2.40 bits per heavy atom. The Bertz CT molecular complexity index is 266. The van der Waals surface area contributed by atoms with Crippen molar-refractivity contribution in [3.63, 3.8) is 0 Å². The Morgan fingerprint density at radius 1 is 1.80 bits per heavy atom. The molecule has 0 aromatic carbocycles. The number of aryl methyl sites for hydroxylation is 2. The number of rotatable bonds is 1. The first kappa shape index (κ1) is 6.73. The largest absolute Gasteiger partial charge is 0.434 e. The van der Waals surface area contributed by atoms with Crippen molar-refractivity contribution >= 4 is 5.95 Å². The van der Waals surface area contributed by atoms with Gasteiger partial charge in [0.25, 0.3) is 0 Å². The van der Waals surface area contributed by atoms with Gasteiger partial charge in [-0.2, -0.15) is 0 Å². The van der Waals surface area contributed by atoms with Crippen molar-refractivity contribution in [1.29, 1.82) is 0 Å². The van der Waals surface area contributed by atoms with E-state index in [0.29, 0.717) is 5.69 Å². The van der Waals surface area contributed by atoms with Crippen molar-refractivity contribution in [2.75, 3.05) is 0 Å². The van der Waals surface area contributed by atoms with Gasteiger partial charge in [-0.05, 0) is 11.8 Å². The van der Waals surface area contributed by atoms with Crippen molar-refractivity contribution in [3.8, 4) is 0 Å². The van der Waals surface area contributed by atoms with Gasteiger partial charge in [0.2, 0.25) is 0 Å². The molecule has 0 aliphatic rings. The molecule has 0 saturated carbocycles. The first-order chi connectivity index (χ1) is 4.61. The van der Waals surface area contributed by atoms with Crippen molar-refractivity contribution in [2.24, 2.45) is 7.05 Å². The van der Waals surface area contributed by atoms with E-state index in [2.05, 4.69) is 4.98 Å². The molecule has 1 rings (SSSR count). The van der Waals surface area contributed by atoms with Crippen LogP contribution in [0.2, 0.25) is 0 Å². The minimum Gasteiger partial charge on any atom is -0.390 e. The standard InChI is InChI=1S/C5H7N3O2/c1-4-3-7(2)5(6-4)8(9)10/h3H,1-2H3. The number of nitrogens with zero attached hydrogens (tertiary/aromatic N) is 3. The van der Waals surface area contributed by atoms with Crippen molar-refractivity contribution < 1.29 is 4.92 Å². The van der Waals surface area contributed by atoms with E-state index in [0.717, 1.165) is 0 Å². The molecule has 0 amide bonds. The first-order valence-electron chi connectivity index (χ1n) is 2.75. The smallest absolute Gasteiger partial charge is 0.390 e. The van der Waals surface area contributed by atoms with Crippen LogP contribution in [-0.4, -0.2) is 14.5 Å². The van der Waals surface area contributed by atoms with Gasteiger partial charge in [-0.25, -0.2) is 4.57 Å². The van der Waals surface area contributed by atoms with Gasteiger partial charge in [0.1, 0.15) is 11.9 Å². The highest BCUT2D eigenvalue weighted by molar-refractivity contribution is 5.11. The van der Waals surface area contributed by atoms with Gasteiger partial charge in [-0.3, -0.25) is 0 Å². The van der Waals surface area contributed by atoms with E-state index >= 15 is 0 Å². The Kier molecular flexibility index (Phi) is 1.41. The van der Waals surface area contributed by atoms with E-state index in [9.17, 15) is 10.1 Å². The van der Waals surface area contributed by atoms with Crippen LogP contribution in [-0.2, 0) is 7.05 Å². The molecule has 0 aliphatic heterocycles. The van der Waals surface area contributed by atoms with E-state index in [1.807, 2.05) is 0 Å². The van der Waals surface area contributed by atoms with E-state index in [-0.39, 0.29) is 5.95 Å². The number of nitro groups is 1. The molecular formula is C5H7N3O2. The predicted octanol–water partition coefficient (Wildman–Crippen LogP) is 0.637. The van der Waals surface area contributed by atoms with E-state index in [1.165, 1.54) is 4.57 Å². The minimum absolute atomic E-state index is 0.113. The zero-order valence-corrected chi connectivity index (χ0v) is 5.74. The maximum absolute atomic E-state index is 10.2. The molecule has 0 N–H and O–H groups in total. The predicted molar refractivity (Wildman–Crippen MR) is 34.6 cm³/mol. The van der Waals surface area contributed by atoms with Crippen LogP contribution in [0.5, 0.6) is 0 Å². The van der Waals surface area contributed by atoms with Crippen LogP contribution in [0.4, 0.5) is 5.95 Å². The second-order valence-electron chi connectivity index (χ2n) is 2.05. The minimum atomic E-state index is -0.507. The fourth-order valence-corrected chi connectivity index (χ4v) is 0.773. The molecule has 0 radical (unpaired) electrons. The molecule has 54 valence electrons. The summed E-state index contributed by atoms with van der Waals surface area (Å²) < 4.78 is 1.38. The number of imidazole rings is 1. The third-order valence-electron chi connectivity index (χ3n) is 1.14. The molecular weight excluding hydrogens is 134 g/mol. The summed E-state index contributed by atoms with van der Waals surface area (Å²) in [5.74, 6) is -0.113. The quantitative estimate of drug-likeness (QED) is 0.425. The topological polar surface area (TPSA) is 61.0 Å². The SMILES string of the molecule is Cc1cn(C)c([N+](=O)[O-])n1. The maximum atomic E-state index is 10.2. The Labute approximate surface area is 57.5 Å². The lowest BCUT2D eigenvalue weighted by atomic mass is 10.6. The Morgan fingerprint density at radius 3 is 2.60 bits per heavy atom. The molecule has 5 nitrogen and oxygen atoms in total. The van der Waals surface area contributed by atoms with Gasteiger partial charge in [-0.1, -0.05) is 4.98 Å². The summed E-state index contributed by atoms with van der Waals surface area (Å²) in [6.45, 7) is 1.72. The second kappa shape index (κ2) is 2.09. The van der Waals surface area contributed by atoms with Crippen LogP contribution in [0, 0.1) is 17.0 Å². The normalized spacial score (nSPS) is 9.80. The maximum Gasteiger partial charge on any atom is 0.434 e. The van der Waals surface area contributed by atoms with Gasteiger partial charge < -0.3 is 10.1 Å². The molecule has 1 heterocycles. The fourth-order valence-electron chi connectivity index (χ4n) is 0.773. The molecule has 0 bridgehead atoms. The molecule has 5 heteroatoms. The Balaban J connectivity index is 3.15. The summed E-state index contributed by atoms with van der Waals surface area (Å²) in [4.78, 5) is 13.3. The lowest BCUT2D eigenvalue weighted by Crippen LogP contribution is -1.96. The van der Waals surface area contributed by atoms with E-state index in [4.69, 9.17) is 0 Å². The second-order valence-corrected chi connectivity index (χ2v) is 2.05. The van der Waals surface area contributed by atoms with Crippen molar-refractivity contribution in [2.45, 2.75) is 6.92 Å². The molecule has 1 aromatic rings. The summed E-state index contributed by atoms with van der Waals surface area (Å²) in [7, 11) is 1.60. The number of hydrogen-bond acceptors (Lipinski definition) is 3. The number of hydrogen-bond donors (Lipinski definition) is 0. The first-order valence-corrected chi connectivity index (χ1v) is 2.75. The Hall–Kier alpha value is -1.39. The number of aromatic nitrogens is 2. The molecule has 0 spiro atoms. The average molecular weight is 141 g/mol. The molecule has 0 unspecified atom stereocenters. The van der Waals surface area contributed by atoms with Crippen LogP contribution in [0.1, 0.15) is 5.69 Å². The average Bonchev–Trinajstić information content (AvgIpc) is 2.10. The zero-order chi connectivity index (χ0) is 7.72. The zero-order valence-electron chi connectivity index (χ0n) is 5.74. The molecule has 0 atom stereocenters. The van der Waals surface area contributed by atoms with Crippen LogP contribution < -0.4 is 0 Å². The van der Waals surface area contributed by atoms with Crippen LogP contribution >= 0.6 is 0 Å². The summed E-state index contributed by atoms with van der Waals surface area (Å²) >= 11 is 0. The summed E-state index contributed by atoms with van der Waals surface area (Å²) in [6.07, 6.45) is 1.61. The van der Waals surface area contributed by atoms with Crippen LogP contribution in [0.25, 0.3) is 0 Å². The highest BCUT2D eigenvalue weighted by Crippen LogP contribution is 2.07. The summed E-state index contributed by atoms with van der Waals surface area (Å²) in [5, 5.41) is 10.2. The summed E-state index contributed by atoms with van der Waals surface area (Å²) in [6, 6.07) is 0. The van der Waals surface area contributed by atoms with Gasteiger partial charge in [0.05, 0.1) is 7.05 Å². The highest BCUT2D eigenvalue weighted by atomic mass is 16.6. The van der Waals surface area contributed by atoms with E-state index in [1.54, 1.807) is 20.2 Å². The lowest BCUT2D eigenvalue weighted by molar-refractivity contribution is -0.396. The van der Waals surface area contributed by atoms with Gasteiger partial charge >= 0.3 is 5.95 Å². The molecule has 0 fully saturated rings. The van der Waals surface area contributed by atoms with Gasteiger partial charge in [0.15, 0.2) is 0 Å². The van der Waals surface area contributed by atoms with Crippen molar-refractivity contribution in [1.82, 2.24) is 9.55 Å². The third kappa shape index (κ3) is 0.975. The fraction of sp³-hybridized carbons (Fsp3) is 0.400. The summed E-state index contributed by atoms with van der Waals surface area (Å²) in [5.41, 5.74) is 0.661. The van der Waals surface area contributed by atoms with Crippen molar-refractivity contribution in [3.05, 3.63) is 22.0 Å². The monoisotopic (exact) mass is 141 g/mol. The van der Waals surface area contributed by atoms with Gasteiger partial charge in [-0.15, -0.1) is 0 Å². The van der Waals surface area contributed by atoms with Crippen LogP contribution in [0.3, 0.4) is 0 Å². The molecule has 1 aromatic heterocycles. The van der Waals surface area contributed by atoms with Gasteiger partial charge in [0, 0.05) is 0 Å². The van der Waals surface area contributed by atoms with E-state index < -0.39 is 4.92 Å². The molecule has 10 heavy (non-hydrogen) atoms. The molecule has 0 aliphatic carbocycles. The lowest BCUT2D eigenvalue weighted by Gasteiger charge is -1.90. The highest BCUT2D eigenvalue weighted by Gasteiger charge is 2.12. The molecule has 0 saturated heterocycles. The third-order valence-corrected chi connectivity index (χ3v) is 1.14. The van der Waals surface area contributed by atoms with Crippen LogP contribution in [0.15, 0.2) is 6.20 Å².